The Morgan fingerprint density at radius 2 is 1.86 bits per heavy atom. The molecule has 0 unspecified atom stereocenters. The quantitative estimate of drug-likeness (QED) is 0.522. The SMILES string of the molecule is Cc1nn(Cc2ccccc2C(=O)NCc2ccc(F)cc2)c(C)c1[N+](=O)[O-]. The average Bonchev–Trinajstić information content (AvgIpc) is 2.95. The predicted molar refractivity (Wildman–Crippen MR) is 101 cm³/mol. The lowest BCUT2D eigenvalue weighted by Crippen LogP contribution is -2.24. The number of amides is 1. The lowest BCUT2D eigenvalue weighted by Gasteiger charge is -2.11. The number of benzene rings is 2. The van der Waals surface area contributed by atoms with E-state index in [1.54, 1.807) is 50.2 Å². The van der Waals surface area contributed by atoms with Crippen LogP contribution in [0.3, 0.4) is 0 Å². The van der Waals surface area contributed by atoms with Gasteiger partial charge in [0.15, 0.2) is 0 Å². The summed E-state index contributed by atoms with van der Waals surface area (Å²) in [6, 6.07) is 12.9. The van der Waals surface area contributed by atoms with Crippen LogP contribution in [-0.4, -0.2) is 20.6 Å². The summed E-state index contributed by atoms with van der Waals surface area (Å²) in [7, 11) is 0. The molecule has 0 radical (unpaired) electrons. The Hall–Kier alpha value is -3.55. The molecule has 144 valence electrons. The summed E-state index contributed by atoms with van der Waals surface area (Å²) < 4.78 is 14.5. The van der Waals surface area contributed by atoms with Crippen molar-refractivity contribution in [3.8, 4) is 0 Å². The molecule has 7 nitrogen and oxygen atoms in total. The second kappa shape index (κ2) is 7.99. The molecule has 0 spiro atoms. The second-order valence-electron chi connectivity index (χ2n) is 6.40. The summed E-state index contributed by atoms with van der Waals surface area (Å²) in [6.45, 7) is 3.72. The van der Waals surface area contributed by atoms with Gasteiger partial charge in [0.2, 0.25) is 0 Å². The van der Waals surface area contributed by atoms with Crippen molar-refractivity contribution >= 4 is 11.6 Å². The van der Waals surface area contributed by atoms with E-state index in [9.17, 15) is 19.3 Å². The first-order valence-corrected chi connectivity index (χ1v) is 8.65. The molecule has 0 aliphatic heterocycles. The Bertz CT molecular complexity index is 1030. The number of hydrogen-bond donors (Lipinski definition) is 1. The minimum Gasteiger partial charge on any atom is -0.348 e. The van der Waals surface area contributed by atoms with Crippen molar-refractivity contribution in [2.24, 2.45) is 0 Å². The molecule has 0 aliphatic carbocycles. The molecule has 8 heteroatoms. The van der Waals surface area contributed by atoms with Gasteiger partial charge in [0.1, 0.15) is 17.2 Å². The number of carbonyl (C=O) groups excluding carboxylic acids is 1. The first-order chi connectivity index (χ1) is 13.4. The van der Waals surface area contributed by atoms with Crippen LogP contribution in [-0.2, 0) is 13.1 Å². The molecule has 28 heavy (non-hydrogen) atoms. The topological polar surface area (TPSA) is 90.1 Å². The highest BCUT2D eigenvalue weighted by Gasteiger charge is 2.22. The highest BCUT2D eigenvalue weighted by Crippen LogP contribution is 2.23. The van der Waals surface area contributed by atoms with E-state index >= 15 is 0 Å². The van der Waals surface area contributed by atoms with Crippen molar-refractivity contribution in [1.82, 2.24) is 15.1 Å². The zero-order chi connectivity index (χ0) is 20.3. The van der Waals surface area contributed by atoms with Gasteiger partial charge in [0, 0.05) is 12.1 Å². The van der Waals surface area contributed by atoms with Gasteiger partial charge >= 0.3 is 5.69 Å². The lowest BCUT2D eigenvalue weighted by molar-refractivity contribution is -0.386. The zero-order valence-corrected chi connectivity index (χ0v) is 15.5. The largest absolute Gasteiger partial charge is 0.348 e. The molecule has 1 heterocycles. The Kier molecular flexibility index (Phi) is 5.49. The van der Waals surface area contributed by atoms with E-state index in [0.717, 1.165) is 5.56 Å². The third-order valence-corrected chi connectivity index (χ3v) is 4.47. The number of aryl methyl sites for hydroxylation is 1. The van der Waals surface area contributed by atoms with Crippen LogP contribution in [0.25, 0.3) is 0 Å². The number of nitrogens with zero attached hydrogens (tertiary/aromatic N) is 3. The highest BCUT2D eigenvalue weighted by atomic mass is 19.1. The number of aromatic nitrogens is 2. The third-order valence-electron chi connectivity index (χ3n) is 4.47. The molecule has 1 N–H and O–H groups in total. The van der Waals surface area contributed by atoms with Gasteiger partial charge in [-0.3, -0.25) is 19.6 Å². The molecule has 1 aromatic heterocycles. The highest BCUT2D eigenvalue weighted by molar-refractivity contribution is 5.95. The first-order valence-electron chi connectivity index (χ1n) is 8.65. The first kappa shape index (κ1) is 19.2. The van der Waals surface area contributed by atoms with Crippen molar-refractivity contribution in [3.05, 3.63) is 92.5 Å². The lowest BCUT2D eigenvalue weighted by atomic mass is 10.1. The van der Waals surface area contributed by atoms with E-state index in [1.807, 2.05) is 0 Å². The summed E-state index contributed by atoms with van der Waals surface area (Å²) >= 11 is 0. The molecule has 3 aromatic rings. The number of rotatable bonds is 6. The van der Waals surface area contributed by atoms with Crippen LogP contribution in [0.4, 0.5) is 10.1 Å². The molecular formula is C20H19FN4O3. The van der Waals surface area contributed by atoms with E-state index in [2.05, 4.69) is 10.4 Å². The Morgan fingerprint density at radius 3 is 2.50 bits per heavy atom. The maximum absolute atomic E-state index is 13.0. The molecule has 0 aliphatic rings. The summed E-state index contributed by atoms with van der Waals surface area (Å²) in [5, 5.41) is 18.2. The number of nitro groups is 1. The maximum Gasteiger partial charge on any atom is 0.312 e. The zero-order valence-electron chi connectivity index (χ0n) is 15.5. The smallest absolute Gasteiger partial charge is 0.312 e. The van der Waals surface area contributed by atoms with E-state index in [1.165, 1.54) is 16.8 Å². The van der Waals surface area contributed by atoms with Crippen molar-refractivity contribution in [2.45, 2.75) is 26.9 Å². The molecular weight excluding hydrogens is 363 g/mol. The van der Waals surface area contributed by atoms with Crippen LogP contribution in [0.5, 0.6) is 0 Å². The van der Waals surface area contributed by atoms with Gasteiger partial charge in [0.25, 0.3) is 5.91 Å². The molecule has 2 aromatic carbocycles. The fourth-order valence-electron chi connectivity index (χ4n) is 3.03. The van der Waals surface area contributed by atoms with Crippen molar-refractivity contribution in [1.29, 1.82) is 0 Å². The monoisotopic (exact) mass is 382 g/mol. The standard InChI is InChI=1S/C20H19FN4O3/c1-13-19(25(27)28)14(2)24(23-13)12-16-5-3-4-6-18(16)20(26)22-11-15-7-9-17(21)10-8-15/h3-10H,11-12H2,1-2H3,(H,22,26). The van der Waals surface area contributed by atoms with E-state index in [4.69, 9.17) is 0 Å². The minimum absolute atomic E-state index is 0.0155. The predicted octanol–water partition coefficient (Wildman–Crippen LogP) is 3.53. The molecule has 0 saturated heterocycles. The number of halogens is 1. The summed E-state index contributed by atoms with van der Waals surface area (Å²) in [5.74, 6) is -0.615. The van der Waals surface area contributed by atoms with Crippen LogP contribution in [0.15, 0.2) is 48.5 Å². The maximum atomic E-state index is 13.0. The van der Waals surface area contributed by atoms with Crippen molar-refractivity contribution in [2.75, 3.05) is 0 Å². The number of nitrogens with one attached hydrogen (secondary N) is 1. The molecule has 0 atom stereocenters. The van der Waals surface area contributed by atoms with Gasteiger partial charge in [-0.1, -0.05) is 30.3 Å². The van der Waals surface area contributed by atoms with Gasteiger partial charge in [-0.15, -0.1) is 0 Å². The van der Waals surface area contributed by atoms with Gasteiger partial charge in [-0.05, 0) is 43.2 Å². The fraction of sp³-hybridized carbons (Fsp3) is 0.200. The van der Waals surface area contributed by atoms with Crippen LogP contribution < -0.4 is 5.32 Å². The Labute approximate surface area is 161 Å². The van der Waals surface area contributed by atoms with Crippen molar-refractivity contribution in [3.63, 3.8) is 0 Å². The average molecular weight is 382 g/mol. The molecule has 0 saturated carbocycles. The fourth-order valence-corrected chi connectivity index (χ4v) is 3.03. The molecule has 0 fully saturated rings. The third kappa shape index (κ3) is 4.06. The second-order valence-corrected chi connectivity index (χ2v) is 6.40. The van der Waals surface area contributed by atoms with Gasteiger partial charge in [-0.2, -0.15) is 5.10 Å². The van der Waals surface area contributed by atoms with Crippen molar-refractivity contribution < 1.29 is 14.1 Å². The van der Waals surface area contributed by atoms with E-state index in [-0.39, 0.29) is 30.5 Å². The van der Waals surface area contributed by atoms with E-state index < -0.39 is 4.92 Å². The van der Waals surface area contributed by atoms with Gasteiger partial charge in [-0.25, -0.2) is 4.39 Å². The molecule has 3 rings (SSSR count). The van der Waals surface area contributed by atoms with E-state index in [0.29, 0.717) is 22.5 Å². The normalized spacial score (nSPS) is 10.7. The molecule has 1 amide bonds. The number of hydrogen-bond acceptors (Lipinski definition) is 4. The summed E-state index contributed by atoms with van der Waals surface area (Å²) in [5.41, 5.74) is 2.68. The molecule has 0 bridgehead atoms. The van der Waals surface area contributed by atoms with Gasteiger partial charge in [0.05, 0.1) is 11.5 Å². The van der Waals surface area contributed by atoms with Gasteiger partial charge < -0.3 is 5.32 Å². The minimum atomic E-state index is -0.449. The van der Waals surface area contributed by atoms with Crippen LogP contribution in [0.2, 0.25) is 0 Å². The Balaban J connectivity index is 1.79. The van der Waals surface area contributed by atoms with Crippen LogP contribution in [0, 0.1) is 29.8 Å². The summed E-state index contributed by atoms with van der Waals surface area (Å²) in [4.78, 5) is 23.4. The van der Waals surface area contributed by atoms with Crippen LogP contribution in [0.1, 0.15) is 32.9 Å². The Morgan fingerprint density at radius 1 is 1.18 bits per heavy atom. The number of carbonyl (C=O) groups is 1. The summed E-state index contributed by atoms with van der Waals surface area (Å²) in [6.07, 6.45) is 0. The van der Waals surface area contributed by atoms with Crippen LogP contribution >= 0.6 is 0 Å².